The second-order valence-electron chi connectivity index (χ2n) is 6.40. The zero-order valence-electron chi connectivity index (χ0n) is 13.3. The van der Waals surface area contributed by atoms with E-state index in [-0.39, 0.29) is 11.5 Å². The van der Waals surface area contributed by atoms with Crippen molar-refractivity contribution >= 4 is 23.1 Å². The van der Waals surface area contributed by atoms with Gasteiger partial charge in [-0.3, -0.25) is 0 Å². The molecule has 0 saturated carbocycles. The van der Waals surface area contributed by atoms with E-state index >= 15 is 0 Å². The molecule has 2 N–H and O–H groups in total. The van der Waals surface area contributed by atoms with E-state index in [9.17, 15) is 0 Å². The van der Waals surface area contributed by atoms with E-state index in [2.05, 4.69) is 69.5 Å². The van der Waals surface area contributed by atoms with Gasteiger partial charge in [-0.25, -0.2) is 0 Å². The summed E-state index contributed by atoms with van der Waals surface area (Å²) in [6, 6.07) is 13.4. The van der Waals surface area contributed by atoms with Gasteiger partial charge in [-0.2, -0.15) is 0 Å². The lowest BCUT2D eigenvalue weighted by atomic mass is 9.87. The average Bonchev–Trinajstić information content (AvgIpc) is 2.97. The number of rotatable bonds is 5. The summed E-state index contributed by atoms with van der Waals surface area (Å²) in [6.07, 6.45) is 0.996. The highest BCUT2D eigenvalue weighted by atomic mass is 32.2. The van der Waals surface area contributed by atoms with E-state index in [1.807, 2.05) is 11.8 Å². The summed E-state index contributed by atoms with van der Waals surface area (Å²) in [5, 5.41) is 2.48. The molecule has 0 spiro atoms. The number of thiophene rings is 1. The van der Waals surface area contributed by atoms with Crippen molar-refractivity contribution in [3.8, 4) is 0 Å². The summed E-state index contributed by atoms with van der Waals surface area (Å²) in [4.78, 5) is 2.67. The van der Waals surface area contributed by atoms with Gasteiger partial charge in [-0.1, -0.05) is 45.9 Å². The molecule has 114 valence electrons. The van der Waals surface area contributed by atoms with E-state index in [4.69, 9.17) is 5.73 Å². The smallest absolute Gasteiger partial charge is 0.0589 e. The zero-order chi connectivity index (χ0) is 15.5. The molecule has 2 atom stereocenters. The topological polar surface area (TPSA) is 26.0 Å². The van der Waals surface area contributed by atoms with Crippen molar-refractivity contribution < 1.29 is 0 Å². The standard InChI is InChI=1S/C18H25NS2/c1-5-15(19)17(16-7-6-12-20-16)21-14-10-8-13(9-11-14)18(2,3)4/h6-12,15,17H,5,19H2,1-4H3. The van der Waals surface area contributed by atoms with E-state index in [0.717, 1.165) is 6.42 Å². The van der Waals surface area contributed by atoms with Gasteiger partial charge >= 0.3 is 0 Å². The molecule has 0 aliphatic carbocycles. The molecule has 2 rings (SSSR count). The minimum absolute atomic E-state index is 0.191. The molecule has 0 radical (unpaired) electrons. The highest BCUT2D eigenvalue weighted by molar-refractivity contribution is 7.99. The highest BCUT2D eigenvalue weighted by Gasteiger charge is 2.21. The second-order valence-corrected chi connectivity index (χ2v) is 8.59. The number of benzene rings is 1. The van der Waals surface area contributed by atoms with Crippen molar-refractivity contribution in [3.05, 3.63) is 52.2 Å². The molecule has 2 unspecified atom stereocenters. The van der Waals surface area contributed by atoms with Crippen LogP contribution in [0.1, 0.15) is 49.8 Å². The van der Waals surface area contributed by atoms with Crippen LogP contribution in [0.5, 0.6) is 0 Å². The average molecular weight is 320 g/mol. The summed E-state index contributed by atoms with van der Waals surface area (Å²) in [6.45, 7) is 8.90. The molecule has 0 amide bonds. The summed E-state index contributed by atoms with van der Waals surface area (Å²) in [7, 11) is 0. The second kappa shape index (κ2) is 6.99. The van der Waals surface area contributed by atoms with Crippen molar-refractivity contribution in [1.82, 2.24) is 0 Å². The first-order valence-corrected chi connectivity index (χ1v) is 9.24. The first kappa shape index (κ1) is 16.6. The molecule has 1 heterocycles. The van der Waals surface area contributed by atoms with Crippen molar-refractivity contribution in [2.75, 3.05) is 0 Å². The summed E-state index contributed by atoms with van der Waals surface area (Å²) < 4.78 is 0. The van der Waals surface area contributed by atoms with Crippen LogP contribution < -0.4 is 5.73 Å². The zero-order valence-corrected chi connectivity index (χ0v) is 14.9. The van der Waals surface area contributed by atoms with Crippen LogP contribution in [0.15, 0.2) is 46.7 Å². The third kappa shape index (κ3) is 4.35. The quantitative estimate of drug-likeness (QED) is 0.724. The Labute approximate surface area is 137 Å². The van der Waals surface area contributed by atoms with Gasteiger partial charge in [0.25, 0.3) is 0 Å². The van der Waals surface area contributed by atoms with Crippen molar-refractivity contribution in [1.29, 1.82) is 0 Å². The third-order valence-corrected chi connectivity index (χ3v) is 6.17. The maximum Gasteiger partial charge on any atom is 0.0589 e. The molecular formula is C18H25NS2. The number of thioether (sulfide) groups is 1. The fourth-order valence-electron chi connectivity index (χ4n) is 2.20. The van der Waals surface area contributed by atoms with E-state index < -0.39 is 0 Å². The van der Waals surface area contributed by atoms with Gasteiger partial charge in [0.2, 0.25) is 0 Å². The van der Waals surface area contributed by atoms with E-state index in [0.29, 0.717) is 5.25 Å². The van der Waals surface area contributed by atoms with Gasteiger partial charge < -0.3 is 5.73 Å². The van der Waals surface area contributed by atoms with Crippen LogP contribution >= 0.6 is 23.1 Å². The Morgan fingerprint density at radius 2 is 1.81 bits per heavy atom. The SMILES string of the molecule is CCC(N)C(Sc1ccc(C(C)(C)C)cc1)c1cccs1. The minimum atomic E-state index is 0.191. The Morgan fingerprint density at radius 3 is 2.29 bits per heavy atom. The van der Waals surface area contributed by atoms with Crippen LogP contribution in [0.25, 0.3) is 0 Å². The van der Waals surface area contributed by atoms with Gasteiger partial charge in [-0.05, 0) is 41.0 Å². The van der Waals surface area contributed by atoms with Gasteiger partial charge in [0.1, 0.15) is 0 Å². The summed E-state index contributed by atoms with van der Waals surface area (Å²) >= 11 is 3.68. The van der Waals surface area contributed by atoms with Crippen LogP contribution in [0.3, 0.4) is 0 Å². The molecule has 0 fully saturated rings. The number of hydrogen-bond acceptors (Lipinski definition) is 3. The lowest BCUT2D eigenvalue weighted by molar-refractivity contribution is 0.589. The van der Waals surface area contributed by atoms with Crippen LogP contribution in [-0.4, -0.2) is 6.04 Å². The van der Waals surface area contributed by atoms with Crippen LogP contribution in [-0.2, 0) is 5.41 Å². The molecule has 0 bridgehead atoms. The fraction of sp³-hybridized carbons (Fsp3) is 0.444. The monoisotopic (exact) mass is 319 g/mol. The molecule has 1 aromatic carbocycles. The Morgan fingerprint density at radius 1 is 1.14 bits per heavy atom. The van der Waals surface area contributed by atoms with Crippen LogP contribution in [0, 0.1) is 0 Å². The van der Waals surface area contributed by atoms with Crippen molar-refractivity contribution in [2.24, 2.45) is 5.73 Å². The molecular weight excluding hydrogens is 294 g/mol. The van der Waals surface area contributed by atoms with Crippen molar-refractivity contribution in [2.45, 2.75) is 55.7 Å². The maximum atomic E-state index is 6.34. The largest absolute Gasteiger partial charge is 0.326 e. The van der Waals surface area contributed by atoms with Gasteiger partial charge in [0.15, 0.2) is 0 Å². The lowest BCUT2D eigenvalue weighted by Crippen LogP contribution is -2.25. The predicted molar refractivity (Wildman–Crippen MR) is 96.3 cm³/mol. The van der Waals surface area contributed by atoms with Gasteiger partial charge in [0, 0.05) is 15.8 Å². The predicted octanol–water partition coefficient (Wildman–Crippen LogP) is 5.62. The Bertz CT molecular complexity index is 538. The fourth-order valence-corrected chi connectivity index (χ4v) is 4.44. The molecule has 1 aromatic heterocycles. The Kier molecular flexibility index (Phi) is 5.53. The summed E-state index contributed by atoms with van der Waals surface area (Å²) in [5.74, 6) is 0. The first-order chi connectivity index (χ1) is 9.91. The molecule has 21 heavy (non-hydrogen) atoms. The third-order valence-electron chi connectivity index (χ3n) is 3.67. The summed E-state index contributed by atoms with van der Waals surface area (Å²) in [5.41, 5.74) is 7.92. The van der Waals surface area contributed by atoms with Gasteiger partial charge in [-0.15, -0.1) is 23.1 Å². The van der Waals surface area contributed by atoms with Crippen molar-refractivity contribution in [3.63, 3.8) is 0 Å². The molecule has 2 aromatic rings. The lowest BCUT2D eigenvalue weighted by Gasteiger charge is -2.23. The first-order valence-electron chi connectivity index (χ1n) is 7.48. The Balaban J connectivity index is 2.17. The molecule has 0 aliphatic heterocycles. The van der Waals surface area contributed by atoms with Crippen LogP contribution in [0.2, 0.25) is 0 Å². The molecule has 0 aliphatic rings. The van der Waals surface area contributed by atoms with E-state index in [1.165, 1.54) is 15.3 Å². The normalized spacial score (nSPS) is 14.9. The Hall–Kier alpha value is -0.770. The minimum Gasteiger partial charge on any atom is -0.326 e. The molecule has 1 nitrogen and oxygen atoms in total. The van der Waals surface area contributed by atoms with E-state index in [1.54, 1.807) is 11.3 Å². The highest BCUT2D eigenvalue weighted by Crippen LogP contribution is 2.40. The maximum absolute atomic E-state index is 6.34. The molecule has 3 heteroatoms. The van der Waals surface area contributed by atoms with Gasteiger partial charge in [0.05, 0.1) is 5.25 Å². The van der Waals surface area contributed by atoms with Crippen LogP contribution in [0.4, 0.5) is 0 Å². The number of nitrogens with two attached hydrogens (primary N) is 1. The number of hydrogen-bond donors (Lipinski definition) is 1. The molecule has 0 saturated heterocycles.